The van der Waals surface area contributed by atoms with Crippen molar-refractivity contribution in [2.24, 2.45) is 5.92 Å². The van der Waals surface area contributed by atoms with Crippen molar-refractivity contribution >= 4 is 11.5 Å². The molecule has 7 heteroatoms. The molecule has 1 aromatic carbocycles. The van der Waals surface area contributed by atoms with Crippen molar-refractivity contribution in [3.8, 4) is 11.5 Å². The fourth-order valence-electron chi connectivity index (χ4n) is 6.42. The lowest BCUT2D eigenvalue weighted by atomic mass is 9.81. The highest BCUT2D eigenvalue weighted by Gasteiger charge is 2.47. The molecule has 0 radical (unpaired) electrons. The van der Waals surface area contributed by atoms with Gasteiger partial charge in [-0.2, -0.15) is 0 Å². The van der Waals surface area contributed by atoms with Crippen LogP contribution >= 0.6 is 0 Å². The van der Waals surface area contributed by atoms with Crippen LogP contribution in [-0.4, -0.2) is 41.7 Å². The van der Waals surface area contributed by atoms with Crippen LogP contribution < -0.4 is 20.3 Å². The van der Waals surface area contributed by atoms with Gasteiger partial charge in [0.05, 0.1) is 0 Å². The molecule has 2 aliphatic carbocycles. The Kier molecular flexibility index (Phi) is 7.16. The largest absolute Gasteiger partial charge is 0.448 e. The monoisotopic (exact) mass is 519 g/mol. The van der Waals surface area contributed by atoms with Gasteiger partial charge in [0.2, 0.25) is 0 Å². The first kappa shape index (κ1) is 26.5. The van der Waals surface area contributed by atoms with E-state index in [0.717, 1.165) is 73.1 Å². The molecule has 1 amide bonds. The van der Waals surface area contributed by atoms with Crippen LogP contribution in [0.4, 0.5) is 0 Å². The van der Waals surface area contributed by atoms with Crippen LogP contribution in [0, 0.1) is 26.7 Å². The molecule has 1 atom stereocenters. The zero-order valence-corrected chi connectivity index (χ0v) is 23.6. The average molecular weight is 520 g/mol. The Bertz CT molecular complexity index is 1330. The van der Waals surface area contributed by atoms with Crippen molar-refractivity contribution in [1.82, 2.24) is 15.2 Å². The van der Waals surface area contributed by atoms with Crippen LogP contribution in [0.5, 0.6) is 11.5 Å². The second-order valence-corrected chi connectivity index (χ2v) is 11.7. The van der Waals surface area contributed by atoms with Crippen molar-refractivity contribution in [3.05, 3.63) is 62.1 Å². The SMILES string of the molecule is Cc1cc(C)c(CNC(=O)c2cc(C3=CCCC3)c3c(c2C)OC(C)([C@H]2CC[C@H](N(C)C)CC2)O3)c(=O)[nH]1. The summed E-state index contributed by atoms with van der Waals surface area (Å²) in [5, 5.41) is 2.99. The third kappa shape index (κ3) is 4.89. The number of benzene rings is 1. The number of hydrogen-bond donors (Lipinski definition) is 2. The number of carbonyl (C=O) groups excluding carboxylic acids is 1. The predicted molar refractivity (Wildman–Crippen MR) is 150 cm³/mol. The Labute approximate surface area is 225 Å². The molecule has 2 N–H and O–H groups in total. The van der Waals surface area contributed by atoms with Gasteiger partial charge in [-0.1, -0.05) is 6.08 Å². The lowest BCUT2D eigenvalue weighted by molar-refractivity contribution is -0.123. The van der Waals surface area contributed by atoms with Gasteiger partial charge >= 0.3 is 0 Å². The number of rotatable bonds is 6. The van der Waals surface area contributed by atoms with Crippen molar-refractivity contribution in [3.63, 3.8) is 0 Å². The molecule has 0 saturated heterocycles. The lowest BCUT2D eigenvalue weighted by Crippen LogP contribution is -2.46. The van der Waals surface area contributed by atoms with Crippen molar-refractivity contribution in [2.75, 3.05) is 14.1 Å². The van der Waals surface area contributed by atoms with E-state index in [1.54, 1.807) is 0 Å². The molecule has 204 valence electrons. The van der Waals surface area contributed by atoms with Crippen LogP contribution in [-0.2, 0) is 6.54 Å². The summed E-state index contributed by atoms with van der Waals surface area (Å²) in [7, 11) is 4.30. The van der Waals surface area contributed by atoms with E-state index in [1.165, 1.54) is 5.57 Å². The summed E-state index contributed by atoms with van der Waals surface area (Å²) < 4.78 is 13.4. The standard InChI is InChI=1S/C31H41N3O4/c1-18-15-19(2)33-30(36)26(18)17-32-29(35)24-16-25(21-9-7-8-10-21)28-27(20(24)3)37-31(4,38-28)22-11-13-23(14-12-22)34(5)6/h9,15-16,22-23H,7-8,10-14,17H2,1-6H3,(H,32,35)(H,33,36)/t22-,23-,31?. The molecular weight excluding hydrogens is 478 g/mol. The van der Waals surface area contributed by atoms with E-state index in [4.69, 9.17) is 9.47 Å². The van der Waals surface area contributed by atoms with Gasteiger partial charge in [-0.25, -0.2) is 0 Å². The minimum atomic E-state index is -0.750. The molecule has 2 heterocycles. The van der Waals surface area contributed by atoms with Gasteiger partial charge in [0.15, 0.2) is 11.5 Å². The third-order valence-corrected chi connectivity index (χ3v) is 8.81. The minimum absolute atomic E-state index is 0.165. The first-order chi connectivity index (χ1) is 18.1. The van der Waals surface area contributed by atoms with E-state index in [-0.39, 0.29) is 23.9 Å². The molecule has 38 heavy (non-hydrogen) atoms. The molecule has 0 bridgehead atoms. The van der Waals surface area contributed by atoms with Gasteiger partial charge in [-0.3, -0.25) is 9.59 Å². The summed E-state index contributed by atoms with van der Waals surface area (Å²) in [5.41, 5.74) is 5.60. The van der Waals surface area contributed by atoms with Gasteiger partial charge in [-0.05, 0) is 103 Å². The number of aromatic amines is 1. The molecule has 1 saturated carbocycles. The van der Waals surface area contributed by atoms with Crippen LogP contribution in [0.3, 0.4) is 0 Å². The first-order valence-electron chi connectivity index (χ1n) is 14.0. The van der Waals surface area contributed by atoms with E-state index in [9.17, 15) is 9.59 Å². The Balaban J connectivity index is 1.44. The average Bonchev–Trinajstić information content (AvgIpc) is 3.53. The summed E-state index contributed by atoms with van der Waals surface area (Å²) in [6.45, 7) is 7.91. The molecule has 7 nitrogen and oxygen atoms in total. The van der Waals surface area contributed by atoms with Crippen LogP contribution in [0.15, 0.2) is 23.0 Å². The molecule has 1 aliphatic heterocycles. The molecule has 1 aromatic heterocycles. The zero-order chi connectivity index (χ0) is 27.2. The van der Waals surface area contributed by atoms with Gasteiger partial charge in [-0.15, -0.1) is 0 Å². The highest BCUT2D eigenvalue weighted by Crippen LogP contribution is 2.52. The van der Waals surface area contributed by atoms with Crippen LogP contribution in [0.2, 0.25) is 0 Å². The summed E-state index contributed by atoms with van der Waals surface area (Å²) in [4.78, 5) is 31.1. The number of amides is 1. The van der Waals surface area contributed by atoms with Crippen molar-refractivity contribution in [2.45, 2.75) is 91.0 Å². The summed E-state index contributed by atoms with van der Waals surface area (Å²) in [6, 6.07) is 4.48. The number of pyridine rings is 1. The maximum Gasteiger partial charge on any atom is 0.253 e. The maximum absolute atomic E-state index is 13.5. The van der Waals surface area contributed by atoms with E-state index < -0.39 is 5.79 Å². The summed E-state index contributed by atoms with van der Waals surface area (Å²) in [6.07, 6.45) is 9.68. The Morgan fingerprint density at radius 1 is 1.11 bits per heavy atom. The zero-order valence-electron chi connectivity index (χ0n) is 23.6. The van der Waals surface area contributed by atoms with Crippen molar-refractivity contribution < 1.29 is 14.3 Å². The molecule has 1 unspecified atom stereocenters. The topological polar surface area (TPSA) is 83.7 Å². The number of ether oxygens (including phenoxy) is 2. The van der Waals surface area contributed by atoms with Crippen LogP contribution in [0.25, 0.3) is 5.57 Å². The smallest absolute Gasteiger partial charge is 0.253 e. The quantitative estimate of drug-likeness (QED) is 0.534. The highest BCUT2D eigenvalue weighted by molar-refractivity contribution is 5.98. The summed E-state index contributed by atoms with van der Waals surface area (Å²) in [5.74, 6) is 0.773. The molecule has 3 aliphatic rings. The lowest BCUT2D eigenvalue weighted by Gasteiger charge is -2.39. The predicted octanol–water partition coefficient (Wildman–Crippen LogP) is 5.41. The van der Waals surface area contributed by atoms with E-state index in [0.29, 0.717) is 22.9 Å². The number of hydrogen-bond acceptors (Lipinski definition) is 5. The second kappa shape index (κ2) is 10.3. The van der Waals surface area contributed by atoms with E-state index >= 15 is 0 Å². The molecule has 1 fully saturated rings. The minimum Gasteiger partial charge on any atom is -0.448 e. The summed E-state index contributed by atoms with van der Waals surface area (Å²) >= 11 is 0. The Morgan fingerprint density at radius 3 is 2.45 bits per heavy atom. The normalized spacial score (nSPS) is 24.6. The Morgan fingerprint density at radius 2 is 1.82 bits per heavy atom. The maximum atomic E-state index is 13.5. The van der Waals surface area contributed by atoms with Gasteiger partial charge < -0.3 is 24.7 Å². The number of aryl methyl sites for hydroxylation is 2. The molecule has 0 spiro atoms. The number of aromatic nitrogens is 1. The van der Waals surface area contributed by atoms with E-state index in [1.807, 2.05) is 32.9 Å². The van der Waals surface area contributed by atoms with Crippen molar-refractivity contribution in [1.29, 1.82) is 0 Å². The fraction of sp³-hybridized carbons (Fsp3) is 0.548. The first-order valence-corrected chi connectivity index (χ1v) is 14.0. The third-order valence-electron chi connectivity index (χ3n) is 8.81. The number of allylic oxidation sites excluding steroid dienone is 2. The van der Waals surface area contributed by atoms with Crippen LogP contribution in [0.1, 0.15) is 90.2 Å². The Hall–Kier alpha value is -3.06. The highest BCUT2D eigenvalue weighted by atomic mass is 16.7. The van der Waals surface area contributed by atoms with Gasteiger partial charge in [0.1, 0.15) is 0 Å². The number of nitrogens with one attached hydrogen (secondary N) is 2. The number of H-pyrrole nitrogens is 1. The molecular formula is C31H41N3O4. The number of nitrogens with zero attached hydrogens (tertiary/aromatic N) is 1. The fourth-order valence-corrected chi connectivity index (χ4v) is 6.42. The van der Waals surface area contributed by atoms with Gasteiger partial charge in [0.25, 0.3) is 17.3 Å². The molecule has 5 rings (SSSR count). The number of fused-ring (bicyclic) bond motifs is 1. The van der Waals surface area contributed by atoms with E-state index in [2.05, 4.69) is 42.3 Å². The molecule has 2 aromatic rings. The second-order valence-electron chi connectivity index (χ2n) is 11.7. The number of carbonyl (C=O) groups is 1. The van der Waals surface area contributed by atoms with Gasteiger partial charge in [0, 0.05) is 53.4 Å².